The summed E-state index contributed by atoms with van der Waals surface area (Å²) in [6, 6.07) is 0.0194. The Bertz CT molecular complexity index is 321. The Morgan fingerprint density at radius 2 is 1.84 bits per heavy atom. The number of rotatable bonds is 5. The summed E-state index contributed by atoms with van der Waals surface area (Å²) in [6.07, 6.45) is 1.37. The van der Waals surface area contributed by atoms with Crippen LogP contribution in [0.25, 0.3) is 0 Å². The molecule has 0 bridgehead atoms. The van der Waals surface area contributed by atoms with Crippen LogP contribution in [0.4, 0.5) is 9.59 Å². The van der Waals surface area contributed by atoms with Gasteiger partial charge in [-0.15, -0.1) is 0 Å². The van der Waals surface area contributed by atoms with Crippen LogP contribution in [-0.2, 0) is 4.74 Å². The molecule has 0 radical (unpaired) electrons. The number of carbonyl (C=O) groups is 2. The molecule has 0 spiro atoms. The highest BCUT2D eigenvalue weighted by Gasteiger charge is 2.30. The number of amides is 3. The molecule has 1 saturated carbocycles. The molecule has 1 aliphatic rings. The first-order valence-corrected chi connectivity index (χ1v) is 6.52. The van der Waals surface area contributed by atoms with Gasteiger partial charge in [0.15, 0.2) is 0 Å². The SMILES string of the molecule is CC(C)(C)OC(=O)NC1CC(NCCNC(N)=O)C1. The molecule has 0 unspecified atom stereocenters. The number of carbonyl (C=O) groups excluding carboxylic acids is 2. The van der Waals surface area contributed by atoms with E-state index < -0.39 is 11.6 Å². The average Bonchev–Trinajstić information content (AvgIpc) is 2.16. The first-order valence-electron chi connectivity index (χ1n) is 6.52. The van der Waals surface area contributed by atoms with Gasteiger partial charge in [-0.05, 0) is 33.6 Å². The van der Waals surface area contributed by atoms with Gasteiger partial charge in [0.05, 0.1) is 0 Å². The van der Waals surface area contributed by atoms with E-state index in [2.05, 4.69) is 16.0 Å². The smallest absolute Gasteiger partial charge is 0.407 e. The highest BCUT2D eigenvalue weighted by atomic mass is 16.6. The highest BCUT2D eigenvalue weighted by Crippen LogP contribution is 2.20. The number of nitrogens with one attached hydrogen (secondary N) is 3. The van der Waals surface area contributed by atoms with E-state index in [1.165, 1.54) is 0 Å². The Kier molecular flexibility index (Phi) is 5.41. The zero-order chi connectivity index (χ0) is 14.5. The van der Waals surface area contributed by atoms with Gasteiger partial charge in [0.1, 0.15) is 5.60 Å². The lowest BCUT2D eigenvalue weighted by molar-refractivity contribution is 0.0465. The first-order chi connectivity index (χ1) is 8.76. The molecule has 0 aromatic heterocycles. The quantitative estimate of drug-likeness (QED) is 0.540. The van der Waals surface area contributed by atoms with Gasteiger partial charge in [-0.25, -0.2) is 9.59 Å². The zero-order valence-electron chi connectivity index (χ0n) is 11.8. The van der Waals surface area contributed by atoms with Crippen LogP contribution in [-0.4, -0.2) is 42.9 Å². The van der Waals surface area contributed by atoms with E-state index in [1.54, 1.807) is 0 Å². The van der Waals surface area contributed by atoms with Crippen LogP contribution >= 0.6 is 0 Å². The van der Waals surface area contributed by atoms with E-state index in [0.717, 1.165) is 12.8 Å². The Balaban J connectivity index is 2.04. The van der Waals surface area contributed by atoms with Gasteiger partial charge in [0, 0.05) is 25.2 Å². The fraction of sp³-hybridized carbons (Fsp3) is 0.833. The first kappa shape index (κ1) is 15.6. The number of hydrogen-bond acceptors (Lipinski definition) is 4. The van der Waals surface area contributed by atoms with Crippen LogP contribution < -0.4 is 21.7 Å². The Morgan fingerprint density at radius 3 is 2.37 bits per heavy atom. The van der Waals surface area contributed by atoms with Crippen LogP contribution in [0.1, 0.15) is 33.6 Å². The lowest BCUT2D eigenvalue weighted by Crippen LogP contribution is -2.54. The minimum Gasteiger partial charge on any atom is -0.444 e. The van der Waals surface area contributed by atoms with E-state index in [4.69, 9.17) is 10.5 Å². The van der Waals surface area contributed by atoms with Crippen LogP contribution in [0.15, 0.2) is 0 Å². The fourth-order valence-electron chi connectivity index (χ4n) is 1.84. The van der Waals surface area contributed by atoms with Gasteiger partial charge in [0.2, 0.25) is 0 Å². The lowest BCUT2D eigenvalue weighted by Gasteiger charge is -2.36. The molecule has 19 heavy (non-hydrogen) atoms. The molecule has 0 aliphatic heterocycles. The predicted molar refractivity (Wildman–Crippen MR) is 71.8 cm³/mol. The summed E-state index contributed by atoms with van der Waals surface area (Å²) in [5.74, 6) is 0. The van der Waals surface area contributed by atoms with Crippen LogP contribution in [0.2, 0.25) is 0 Å². The van der Waals surface area contributed by atoms with Crippen molar-refractivity contribution in [2.24, 2.45) is 5.73 Å². The number of hydrogen-bond donors (Lipinski definition) is 4. The van der Waals surface area contributed by atoms with E-state index in [0.29, 0.717) is 19.1 Å². The molecule has 3 amide bonds. The van der Waals surface area contributed by atoms with Gasteiger partial charge in [-0.1, -0.05) is 0 Å². The summed E-state index contributed by atoms with van der Waals surface area (Å²) in [5, 5.41) is 8.59. The van der Waals surface area contributed by atoms with Crippen LogP contribution in [0.3, 0.4) is 0 Å². The Labute approximate surface area is 113 Å². The minimum absolute atomic E-state index is 0.163. The second-order valence-corrected chi connectivity index (χ2v) is 5.76. The normalized spacial score (nSPS) is 22.3. The molecule has 0 aromatic carbocycles. The summed E-state index contributed by atoms with van der Waals surface area (Å²) in [7, 11) is 0. The zero-order valence-corrected chi connectivity index (χ0v) is 11.8. The molecule has 1 aliphatic carbocycles. The van der Waals surface area contributed by atoms with Gasteiger partial charge in [-0.2, -0.15) is 0 Å². The average molecular weight is 272 g/mol. The molecule has 7 nitrogen and oxygen atoms in total. The van der Waals surface area contributed by atoms with Crippen molar-refractivity contribution in [2.45, 2.75) is 51.3 Å². The van der Waals surface area contributed by atoms with Crippen molar-refractivity contribution in [3.63, 3.8) is 0 Å². The summed E-state index contributed by atoms with van der Waals surface area (Å²) >= 11 is 0. The van der Waals surface area contributed by atoms with Crippen LogP contribution in [0, 0.1) is 0 Å². The minimum atomic E-state index is -0.514. The van der Waals surface area contributed by atoms with Crippen molar-refractivity contribution in [3.05, 3.63) is 0 Å². The molecular formula is C12H24N4O3. The van der Waals surface area contributed by atoms with Crippen molar-refractivity contribution >= 4 is 12.1 Å². The third-order valence-corrected chi connectivity index (χ3v) is 2.72. The van der Waals surface area contributed by atoms with Crippen molar-refractivity contribution < 1.29 is 14.3 Å². The third kappa shape index (κ3) is 6.85. The maximum atomic E-state index is 11.5. The van der Waals surface area contributed by atoms with E-state index >= 15 is 0 Å². The topological polar surface area (TPSA) is 105 Å². The van der Waals surface area contributed by atoms with Crippen LogP contribution in [0.5, 0.6) is 0 Å². The second kappa shape index (κ2) is 6.60. The summed E-state index contributed by atoms with van der Waals surface area (Å²) in [5.41, 5.74) is 4.48. The molecule has 0 saturated heterocycles. The van der Waals surface area contributed by atoms with Gasteiger partial charge in [-0.3, -0.25) is 0 Å². The molecule has 1 rings (SSSR count). The van der Waals surface area contributed by atoms with Crippen molar-refractivity contribution in [2.75, 3.05) is 13.1 Å². The maximum Gasteiger partial charge on any atom is 0.407 e. The fourth-order valence-corrected chi connectivity index (χ4v) is 1.84. The largest absolute Gasteiger partial charge is 0.444 e. The molecule has 5 N–H and O–H groups in total. The molecule has 0 heterocycles. The number of primary amides is 1. The summed E-state index contributed by atoms with van der Waals surface area (Å²) in [4.78, 5) is 21.9. The number of nitrogens with two attached hydrogens (primary N) is 1. The van der Waals surface area contributed by atoms with E-state index in [-0.39, 0.29) is 12.1 Å². The highest BCUT2D eigenvalue weighted by molar-refractivity contribution is 5.71. The van der Waals surface area contributed by atoms with Gasteiger partial charge in [0.25, 0.3) is 0 Å². The van der Waals surface area contributed by atoms with E-state index in [1.807, 2.05) is 20.8 Å². The van der Waals surface area contributed by atoms with Gasteiger partial charge >= 0.3 is 12.1 Å². The number of urea groups is 1. The van der Waals surface area contributed by atoms with Crippen molar-refractivity contribution in [3.8, 4) is 0 Å². The maximum absolute atomic E-state index is 11.5. The predicted octanol–water partition coefficient (Wildman–Crippen LogP) is 0.300. The third-order valence-electron chi connectivity index (χ3n) is 2.72. The molecular weight excluding hydrogens is 248 g/mol. The monoisotopic (exact) mass is 272 g/mol. The lowest BCUT2D eigenvalue weighted by atomic mass is 9.87. The molecule has 7 heteroatoms. The second-order valence-electron chi connectivity index (χ2n) is 5.76. The summed E-state index contributed by atoms with van der Waals surface area (Å²) < 4.78 is 5.17. The standard InChI is InChI=1S/C12H24N4O3/c1-12(2,3)19-11(18)16-9-6-8(7-9)14-4-5-15-10(13)17/h8-9,14H,4-7H2,1-3H3,(H,16,18)(H3,13,15,17). The van der Waals surface area contributed by atoms with Crippen molar-refractivity contribution in [1.82, 2.24) is 16.0 Å². The molecule has 1 fully saturated rings. The Hall–Kier alpha value is -1.50. The summed E-state index contributed by atoms with van der Waals surface area (Å²) in [6.45, 7) is 6.69. The molecule has 0 aromatic rings. The number of ether oxygens (including phenoxy) is 1. The number of alkyl carbamates (subject to hydrolysis) is 1. The van der Waals surface area contributed by atoms with Crippen molar-refractivity contribution in [1.29, 1.82) is 0 Å². The van der Waals surface area contributed by atoms with E-state index in [9.17, 15) is 9.59 Å². The molecule has 0 atom stereocenters. The van der Waals surface area contributed by atoms with Gasteiger partial charge < -0.3 is 26.4 Å². The molecule has 110 valence electrons. The Morgan fingerprint density at radius 1 is 1.21 bits per heavy atom.